The zero-order valence-electron chi connectivity index (χ0n) is 13.2. The number of amides is 2. The molecule has 2 N–H and O–H groups in total. The SMILES string of the molecule is CCCN(C(=O)NC(C)(C)COC)C1COCC1C(=O)O. The molecule has 0 saturated carbocycles. The molecule has 2 amide bonds. The largest absolute Gasteiger partial charge is 0.481 e. The van der Waals surface area contributed by atoms with Gasteiger partial charge in [0.2, 0.25) is 0 Å². The first kappa shape index (κ1) is 17.7. The molecule has 1 heterocycles. The van der Waals surface area contributed by atoms with Crippen LogP contribution in [-0.4, -0.2) is 67.1 Å². The van der Waals surface area contributed by atoms with E-state index in [2.05, 4.69) is 5.32 Å². The molecule has 1 fully saturated rings. The number of hydrogen-bond acceptors (Lipinski definition) is 4. The summed E-state index contributed by atoms with van der Waals surface area (Å²) in [7, 11) is 1.57. The molecule has 7 heteroatoms. The summed E-state index contributed by atoms with van der Waals surface area (Å²) >= 11 is 0. The zero-order valence-corrected chi connectivity index (χ0v) is 13.2. The van der Waals surface area contributed by atoms with Crippen molar-refractivity contribution < 1.29 is 24.2 Å². The lowest BCUT2D eigenvalue weighted by molar-refractivity contribution is -0.142. The van der Waals surface area contributed by atoms with Crippen molar-refractivity contribution in [3.05, 3.63) is 0 Å². The van der Waals surface area contributed by atoms with Gasteiger partial charge in [0, 0.05) is 13.7 Å². The second-order valence-electron chi connectivity index (χ2n) is 5.99. The number of rotatable bonds is 7. The van der Waals surface area contributed by atoms with Gasteiger partial charge in [-0.15, -0.1) is 0 Å². The number of carboxylic acids is 1. The van der Waals surface area contributed by atoms with Gasteiger partial charge in [-0.3, -0.25) is 4.79 Å². The third kappa shape index (κ3) is 4.86. The maximum Gasteiger partial charge on any atom is 0.318 e. The van der Waals surface area contributed by atoms with Crippen molar-refractivity contribution in [2.75, 3.05) is 33.5 Å². The lowest BCUT2D eigenvalue weighted by atomic mass is 10.0. The zero-order chi connectivity index (χ0) is 16.0. The standard InChI is InChI=1S/C14H26N2O5/c1-5-6-16(11-8-21-7-10(11)12(17)18)13(19)15-14(2,3)9-20-4/h10-11H,5-9H2,1-4H3,(H,15,19)(H,17,18). The minimum absolute atomic E-state index is 0.148. The molecule has 0 bridgehead atoms. The summed E-state index contributed by atoms with van der Waals surface area (Å²) in [6.45, 7) is 6.95. The predicted molar refractivity (Wildman–Crippen MR) is 77.2 cm³/mol. The van der Waals surface area contributed by atoms with E-state index < -0.39 is 23.5 Å². The first-order valence-corrected chi connectivity index (χ1v) is 7.20. The van der Waals surface area contributed by atoms with Crippen LogP contribution in [0, 0.1) is 5.92 Å². The fraction of sp³-hybridized carbons (Fsp3) is 0.857. The van der Waals surface area contributed by atoms with E-state index in [1.807, 2.05) is 20.8 Å². The van der Waals surface area contributed by atoms with Gasteiger partial charge in [0.15, 0.2) is 0 Å². The molecule has 122 valence electrons. The molecule has 0 spiro atoms. The molecule has 7 nitrogen and oxygen atoms in total. The van der Waals surface area contributed by atoms with Crippen molar-refractivity contribution in [3.63, 3.8) is 0 Å². The number of nitrogens with zero attached hydrogens (tertiary/aromatic N) is 1. The number of ether oxygens (including phenoxy) is 2. The van der Waals surface area contributed by atoms with Crippen molar-refractivity contribution in [1.82, 2.24) is 10.2 Å². The van der Waals surface area contributed by atoms with Gasteiger partial charge in [-0.05, 0) is 20.3 Å². The Kier molecular flexibility index (Phi) is 6.42. The summed E-state index contributed by atoms with van der Waals surface area (Å²) in [5.74, 6) is -1.60. The van der Waals surface area contributed by atoms with E-state index >= 15 is 0 Å². The summed E-state index contributed by atoms with van der Waals surface area (Å²) < 4.78 is 10.3. The molecule has 1 saturated heterocycles. The minimum Gasteiger partial charge on any atom is -0.481 e. The number of carboxylic acid groups (broad SMARTS) is 1. The number of urea groups is 1. The van der Waals surface area contributed by atoms with E-state index in [1.54, 1.807) is 12.0 Å². The molecular weight excluding hydrogens is 276 g/mol. The molecule has 1 rings (SSSR count). The Morgan fingerprint density at radius 1 is 1.43 bits per heavy atom. The Balaban J connectivity index is 2.80. The highest BCUT2D eigenvalue weighted by atomic mass is 16.5. The molecule has 2 atom stereocenters. The van der Waals surface area contributed by atoms with E-state index in [4.69, 9.17) is 9.47 Å². The number of methoxy groups -OCH3 is 1. The second kappa shape index (κ2) is 7.61. The summed E-state index contributed by atoms with van der Waals surface area (Å²) in [5, 5.41) is 12.1. The highest BCUT2D eigenvalue weighted by molar-refractivity contribution is 5.78. The van der Waals surface area contributed by atoms with Crippen molar-refractivity contribution in [1.29, 1.82) is 0 Å². The quantitative estimate of drug-likeness (QED) is 0.730. The molecule has 0 aromatic carbocycles. The minimum atomic E-state index is -0.928. The Morgan fingerprint density at radius 3 is 2.62 bits per heavy atom. The number of carbonyl (C=O) groups is 2. The highest BCUT2D eigenvalue weighted by Gasteiger charge is 2.40. The molecule has 0 aliphatic carbocycles. The molecule has 0 radical (unpaired) electrons. The van der Waals surface area contributed by atoms with Crippen LogP contribution in [0.1, 0.15) is 27.2 Å². The number of aliphatic carboxylic acids is 1. The third-order valence-electron chi connectivity index (χ3n) is 3.44. The highest BCUT2D eigenvalue weighted by Crippen LogP contribution is 2.21. The number of carbonyl (C=O) groups excluding carboxylic acids is 1. The summed E-state index contributed by atoms with van der Waals surface area (Å²) in [6.07, 6.45) is 0.751. The van der Waals surface area contributed by atoms with E-state index in [-0.39, 0.29) is 19.2 Å². The number of hydrogen-bond donors (Lipinski definition) is 2. The smallest absolute Gasteiger partial charge is 0.318 e. The van der Waals surface area contributed by atoms with Gasteiger partial charge in [0.05, 0.1) is 31.4 Å². The Morgan fingerprint density at radius 2 is 2.10 bits per heavy atom. The lowest BCUT2D eigenvalue weighted by Crippen LogP contribution is -2.56. The summed E-state index contributed by atoms with van der Waals surface area (Å²) in [5.41, 5.74) is -0.518. The van der Waals surface area contributed by atoms with E-state index in [0.29, 0.717) is 13.2 Å². The van der Waals surface area contributed by atoms with Crippen molar-refractivity contribution in [3.8, 4) is 0 Å². The van der Waals surface area contributed by atoms with Crippen LogP contribution in [-0.2, 0) is 14.3 Å². The van der Waals surface area contributed by atoms with Crippen molar-refractivity contribution in [2.24, 2.45) is 5.92 Å². The van der Waals surface area contributed by atoms with Crippen LogP contribution < -0.4 is 5.32 Å². The molecular formula is C14H26N2O5. The molecule has 21 heavy (non-hydrogen) atoms. The van der Waals surface area contributed by atoms with Gasteiger partial charge < -0.3 is 24.8 Å². The van der Waals surface area contributed by atoms with Gasteiger partial charge >= 0.3 is 12.0 Å². The first-order valence-electron chi connectivity index (χ1n) is 7.20. The molecule has 0 aromatic heterocycles. The normalized spacial score (nSPS) is 22.1. The maximum absolute atomic E-state index is 12.5. The Bertz CT molecular complexity index is 372. The average molecular weight is 302 g/mol. The Labute approximate surface area is 125 Å². The van der Waals surface area contributed by atoms with Crippen LogP contribution in [0.15, 0.2) is 0 Å². The fourth-order valence-corrected chi connectivity index (χ4v) is 2.50. The van der Waals surface area contributed by atoms with Gasteiger partial charge in [-0.1, -0.05) is 6.92 Å². The molecule has 0 aromatic rings. The van der Waals surface area contributed by atoms with Crippen LogP contribution in [0.3, 0.4) is 0 Å². The fourth-order valence-electron chi connectivity index (χ4n) is 2.50. The molecule has 2 unspecified atom stereocenters. The second-order valence-corrected chi connectivity index (χ2v) is 5.99. The summed E-state index contributed by atoms with van der Waals surface area (Å²) in [6, 6.07) is -0.707. The summed E-state index contributed by atoms with van der Waals surface area (Å²) in [4.78, 5) is 25.3. The van der Waals surface area contributed by atoms with E-state index in [9.17, 15) is 14.7 Å². The van der Waals surface area contributed by atoms with Crippen LogP contribution in [0.5, 0.6) is 0 Å². The third-order valence-corrected chi connectivity index (χ3v) is 3.44. The topological polar surface area (TPSA) is 88.1 Å². The lowest BCUT2D eigenvalue weighted by Gasteiger charge is -2.34. The molecule has 1 aliphatic heterocycles. The Hall–Kier alpha value is -1.34. The predicted octanol–water partition coefficient (Wildman–Crippen LogP) is 0.933. The monoisotopic (exact) mass is 302 g/mol. The van der Waals surface area contributed by atoms with Gasteiger partial charge in [-0.25, -0.2) is 4.79 Å². The number of nitrogens with one attached hydrogen (secondary N) is 1. The van der Waals surface area contributed by atoms with Crippen molar-refractivity contribution in [2.45, 2.75) is 38.8 Å². The van der Waals surface area contributed by atoms with Crippen LogP contribution >= 0.6 is 0 Å². The van der Waals surface area contributed by atoms with Crippen LogP contribution in [0.25, 0.3) is 0 Å². The van der Waals surface area contributed by atoms with Gasteiger partial charge in [0.25, 0.3) is 0 Å². The molecule has 1 aliphatic rings. The van der Waals surface area contributed by atoms with E-state index in [0.717, 1.165) is 6.42 Å². The van der Waals surface area contributed by atoms with Crippen LogP contribution in [0.2, 0.25) is 0 Å². The first-order chi connectivity index (χ1) is 9.82. The van der Waals surface area contributed by atoms with E-state index in [1.165, 1.54) is 0 Å². The maximum atomic E-state index is 12.5. The average Bonchev–Trinajstić information content (AvgIpc) is 2.83. The van der Waals surface area contributed by atoms with Gasteiger partial charge in [0.1, 0.15) is 5.92 Å². The van der Waals surface area contributed by atoms with Crippen LogP contribution in [0.4, 0.5) is 4.79 Å². The van der Waals surface area contributed by atoms with Gasteiger partial charge in [-0.2, -0.15) is 0 Å². The van der Waals surface area contributed by atoms with Crippen molar-refractivity contribution >= 4 is 12.0 Å².